The Labute approximate surface area is 150 Å². The fraction of sp³-hybridized carbons (Fsp3) is 0.600. The number of hydrogen-bond donors (Lipinski definition) is 1. The second-order valence-corrected chi connectivity index (χ2v) is 6.99. The van der Waals surface area contributed by atoms with E-state index in [4.69, 9.17) is 0 Å². The lowest BCUT2D eigenvalue weighted by Gasteiger charge is -2.35. The van der Waals surface area contributed by atoms with E-state index in [1.807, 2.05) is 23.1 Å². The summed E-state index contributed by atoms with van der Waals surface area (Å²) >= 11 is 0. The first-order valence-electron chi connectivity index (χ1n) is 9.59. The molecule has 2 aliphatic heterocycles. The first kappa shape index (κ1) is 17.9. The van der Waals surface area contributed by atoms with Crippen LogP contribution < -0.4 is 10.2 Å². The van der Waals surface area contributed by atoms with Crippen molar-refractivity contribution in [1.29, 1.82) is 0 Å². The Morgan fingerprint density at radius 1 is 1.24 bits per heavy atom. The predicted octanol–water partition coefficient (Wildman–Crippen LogP) is 2.35. The van der Waals surface area contributed by atoms with E-state index in [0.29, 0.717) is 25.4 Å². The Bertz CT molecular complexity index is 611. The molecule has 5 nitrogen and oxygen atoms in total. The monoisotopic (exact) mass is 343 g/mol. The average molecular weight is 343 g/mol. The van der Waals surface area contributed by atoms with Gasteiger partial charge in [-0.25, -0.2) is 0 Å². The zero-order valence-corrected chi connectivity index (χ0v) is 15.2. The predicted molar refractivity (Wildman–Crippen MR) is 99.6 cm³/mol. The number of piperidine rings is 1. The largest absolute Gasteiger partial charge is 0.340 e. The standard InChI is InChI=1S/C20H29N3O2/c1-2-14-22(17-9-12-21-13-10-17)20(25)11-15-23-18-6-4-3-5-16(18)7-8-19(23)24/h3-6,17,21H,2,7-15H2,1H3. The minimum atomic E-state index is 0.135. The van der Waals surface area contributed by atoms with Crippen molar-refractivity contribution < 1.29 is 9.59 Å². The fourth-order valence-electron chi connectivity index (χ4n) is 3.96. The quantitative estimate of drug-likeness (QED) is 0.863. The van der Waals surface area contributed by atoms with Crippen molar-refractivity contribution in [2.45, 2.75) is 51.5 Å². The van der Waals surface area contributed by atoms with E-state index in [-0.39, 0.29) is 11.8 Å². The topological polar surface area (TPSA) is 52.7 Å². The number of amides is 2. The van der Waals surface area contributed by atoms with Gasteiger partial charge in [-0.1, -0.05) is 25.1 Å². The van der Waals surface area contributed by atoms with E-state index < -0.39 is 0 Å². The molecule has 0 unspecified atom stereocenters. The van der Waals surface area contributed by atoms with Crippen LogP contribution in [0, 0.1) is 0 Å². The van der Waals surface area contributed by atoms with Gasteiger partial charge >= 0.3 is 0 Å². The molecule has 0 radical (unpaired) electrons. The normalized spacial score (nSPS) is 18.1. The van der Waals surface area contributed by atoms with Gasteiger partial charge in [0.2, 0.25) is 11.8 Å². The first-order chi connectivity index (χ1) is 12.2. The molecule has 25 heavy (non-hydrogen) atoms. The third-order valence-electron chi connectivity index (χ3n) is 5.28. The molecule has 1 saturated heterocycles. The summed E-state index contributed by atoms with van der Waals surface area (Å²) in [6.45, 7) is 5.38. The summed E-state index contributed by atoms with van der Waals surface area (Å²) in [4.78, 5) is 29.1. The van der Waals surface area contributed by atoms with Crippen LogP contribution in [0.25, 0.3) is 0 Å². The van der Waals surface area contributed by atoms with Gasteiger partial charge in [0.1, 0.15) is 0 Å². The van der Waals surface area contributed by atoms with Crippen LogP contribution >= 0.6 is 0 Å². The highest BCUT2D eigenvalue weighted by Crippen LogP contribution is 2.27. The van der Waals surface area contributed by atoms with Crippen molar-refractivity contribution in [3.8, 4) is 0 Å². The lowest BCUT2D eigenvalue weighted by Crippen LogP contribution is -2.47. The molecule has 0 atom stereocenters. The number of carbonyl (C=O) groups excluding carboxylic acids is 2. The van der Waals surface area contributed by atoms with Gasteiger partial charge in [-0.15, -0.1) is 0 Å². The highest BCUT2D eigenvalue weighted by molar-refractivity contribution is 5.97. The van der Waals surface area contributed by atoms with E-state index in [2.05, 4.69) is 23.2 Å². The van der Waals surface area contributed by atoms with Crippen LogP contribution in [-0.4, -0.2) is 48.9 Å². The number of para-hydroxylation sites is 1. The van der Waals surface area contributed by atoms with Crippen molar-refractivity contribution in [3.05, 3.63) is 29.8 Å². The Morgan fingerprint density at radius 2 is 2.00 bits per heavy atom. The molecule has 2 amide bonds. The molecule has 3 rings (SSSR count). The van der Waals surface area contributed by atoms with Gasteiger partial charge in [-0.3, -0.25) is 9.59 Å². The summed E-state index contributed by atoms with van der Waals surface area (Å²) in [7, 11) is 0. The maximum atomic E-state index is 12.9. The van der Waals surface area contributed by atoms with Crippen molar-refractivity contribution in [3.63, 3.8) is 0 Å². The minimum Gasteiger partial charge on any atom is -0.340 e. The van der Waals surface area contributed by atoms with Gasteiger partial charge in [-0.2, -0.15) is 0 Å². The Kier molecular flexibility index (Phi) is 6.08. The smallest absolute Gasteiger partial charge is 0.227 e. The third kappa shape index (κ3) is 4.21. The number of rotatable bonds is 6. The van der Waals surface area contributed by atoms with Crippen LogP contribution in [0.1, 0.15) is 44.6 Å². The first-order valence-corrected chi connectivity index (χ1v) is 9.59. The Morgan fingerprint density at radius 3 is 2.76 bits per heavy atom. The van der Waals surface area contributed by atoms with Crippen LogP contribution in [0.3, 0.4) is 0 Å². The molecular formula is C20H29N3O2. The van der Waals surface area contributed by atoms with Gasteiger partial charge < -0.3 is 15.1 Å². The Hall–Kier alpha value is -1.88. The molecular weight excluding hydrogens is 314 g/mol. The SMILES string of the molecule is CCCN(C(=O)CCN1C(=O)CCc2ccccc21)C1CCNCC1. The number of nitrogens with one attached hydrogen (secondary N) is 1. The number of benzene rings is 1. The van der Waals surface area contributed by atoms with Crippen molar-refractivity contribution in [2.24, 2.45) is 0 Å². The number of nitrogens with zero attached hydrogens (tertiary/aromatic N) is 2. The van der Waals surface area contributed by atoms with Crippen LogP contribution in [0.5, 0.6) is 0 Å². The second-order valence-electron chi connectivity index (χ2n) is 6.99. The van der Waals surface area contributed by atoms with Gasteiger partial charge in [0.25, 0.3) is 0 Å². The molecule has 0 aromatic heterocycles. The molecule has 2 aliphatic rings. The lowest BCUT2D eigenvalue weighted by atomic mass is 10.0. The van der Waals surface area contributed by atoms with E-state index in [1.54, 1.807) is 0 Å². The zero-order chi connectivity index (χ0) is 17.6. The summed E-state index contributed by atoms with van der Waals surface area (Å²) in [6, 6.07) is 8.39. The molecule has 1 fully saturated rings. The van der Waals surface area contributed by atoms with E-state index in [1.165, 1.54) is 5.56 Å². The molecule has 0 aliphatic carbocycles. The van der Waals surface area contributed by atoms with Crippen LogP contribution in [0.2, 0.25) is 0 Å². The van der Waals surface area contributed by atoms with E-state index in [0.717, 1.165) is 51.0 Å². The van der Waals surface area contributed by atoms with Crippen molar-refractivity contribution in [1.82, 2.24) is 10.2 Å². The fourth-order valence-corrected chi connectivity index (χ4v) is 3.96. The lowest BCUT2D eigenvalue weighted by molar-refractivity contribution is -0.134. The number of fused-ring (bicyclic) bond motifs is 1. The minimum absolute atomic E-state index is 0.135. The maximum absolute atomic E-state index is 12.9. The van der Waals surface area contributed by atoms with Gasteiger partial charge in [-0.05, 0) is 50.4 Å². The van der Waals surface area contributed by atoms with Crippen molar-refractivity contribution >= 4 is 17.5 Å². The highest BCUT2D eigenvalue weighted by Gasteiger charge is 2.27. The summed E-state index contributed by atoms with van der Waals surface area (Å²) in [5.41, 5.74) is 2.19. The summed E-state index contributed by atoms with van der Waals surface area (Å²) < 4.78 is 0. The number of anilines is 1. The zero-order valence-electron chi connectivity index (χ0n) is 15.2. The molecule has 0 bridgehead atoms. The molecule has 0 spiro atoms. The van der Waals surface area contributed by atoms with Crippen molar-refractivity contribution in [2.75, 3.05) is 31.1 Å². The summed E-state index contributed by atoms with van der Waals surface area (Å²) in [5.74, 6) is 0.319. The number of carbonyl (C=O) groups is 2. The van der Waals surface area contributed by atoms with Crippen LogP contribution in [0.15, 0.2) is 24.3 Å². The van der Waals surface area contributed by atoms with Gasteiger partial charge in [0, 0.05) is 37.7 Å². The summed E-state index contributed by atoms with van der Waals surface area (Å²) in [6.07, 6.45) is 4.77. The van der Waals surface area contributed by atoms with E-state index in [9.17, 15) is 9.59 Å². The number of hydrogen-bond acceptors (Lipinski definition) is 3. The second kappa shape index (κ2) is 8.48. The molecule has 1 N–H and O–H groups in total. The van der Waals surface area contributed by atoms with Crippen LogP contribution in [-0.2, 0) is 16.0 Å². The highest BCUT2D eigenvalue weighted by atomic mass is 16.2. The molecule has 5 heteroatoms. The maximum Gasteiger partial charge on any atom is 0.227 e. The third-order valence-corrected chi connectivity index (χ3v) is 5.28. The summed E-state index contributed by atoms with van der Waals surface area (Å²) in [5, 5.41) is 3.36. The number of aryl methyl sites for hydroxylation is 1. The Balaban J connectivity index is 1.65. The average Bonchev–Trinajstić information content (AvgIpc) is 2.66. The molecule has 0 saturated carbocycles. The molecule has 1 aromatic carbocycles. The van der Waals surface area contributed by atoms with Gasteiger partial charge in [0.15, 0.2) is 0 Å². The van der Waals surface area contributed by atoms with Crippen LogP contribution in [0.4, 0.5) is 5.69 Å². The molecule has 2 heterocycles. The molecule has 1 aromatic rings. The van der Waals surface area contributed by atoms with E-state index >= 15 is 0 Å². The molecule has 136 valence electrons. The van der Waals surface area contributed by atoms with Gasteiger partial charge in [0.05, 0.1) is 0 Å².